The second kappa shape index (κ2) is 8.52. The first-order valence-electron chi connectivity index (χ1n) is 7.60. The number of non-ortho nitro benzene ring substituents is 1. The predicted molar refractivity (Wildman–Crippen MR) is 106 cm³/mol. The molecule has 27 heavy (non-hydrogen) atoms. The van der Waals surface area contributed by atoms with Crippen LogP contribution in [0.15, 0.2) is 53.3 Å². The molecule has 0 saturated carbocycles. The Morgan fingerprint density at radius 1 is 1.33 bits per heavy atom. The molecule has 0 bridgehead atoms. The van der Waals surface area contributed by atoms with E-state index < -0.39 is 4.92 Å². The molecule has 3 aromatic rings. The SMILES string of the molecule is CSc1ncc(/C=C/C(=O)Nc2nc(-c3cccc([N+](=O)[O-])c3)cs2)cn1. The highest BCUT2D eigenvalue weighted by molar-refractivity contribution is 7.98. The maximum Gasteiger partial charge on any atom is 0.270 e. The zero-order valence-electron chi connectivity index (χ0n) is 14.0. The van der Waals surface area contributed by atoms with Crippen LogP contribution in [0.5, 0.6) is 0 Å². The summed E-state index contributed by atoms with van der Waals surface area (Å²) in [4.78, 5) is 35.0. The van der Waals surface area contributed by atoms with E-state index in [-0.39, 0.29) is 11.6 Å². The van der Waals surface area contributed by atoms with Crippen LogP contribution in [-0.2, 0) is 4.79 Å². The number of amides is 1. The lowest BCUT2D eigenvalue weighted by atomic mass is 10.1. The van der Waals surface area contributed by atoms with Gasteiger partial charge in [0.05, 0.1) is 10.6 Å². The van der Waals surface area contributed by atoms with E-state index in [2.05, 4.69) is 20.3 Å². The Morgan fingerprint density at radius 2 is 2.11 bits per heavy atom. The topological polar surface area (TPSA) is 111 Å². The Morgan fingerprint density at radius 3 is 2.81 bits per heavy atom. The van der Waals surface area contributed by atoms with E-state index in [1.54, 1.807) is 36.0 Å². The third-order valence-corrected chi connectivity index (χ3v) is 4.68. The Bertz CT molecular complexity index is 1000. The maximum atomic E-state index is 12.0. The standard InChI is InChI=1S/C17H13N5O3S2/c1-26-16-18-8-11(9-19-16)5-6-15(23)21-17-20-14(10-27-17)12-3-2-4-13(7-12)22(24)25/h2-10H,1H3,(H,20,21,23)/b6-5+. The van der Waals surface area contributed by atoms with Crippen LogP contribution < -0.4 is 5.32 Å². The quantitative estimate of drug-likeness (QED) is 0.220. The molecule has 0 radical (unpaired) electrons. The molecule has 10 heteroatoms. The van der Waals surface area contributed by atoms with Gasteiger partial charge in [0.2, 0.25) is 5.91 Å². The first-order chi connectivity index (χ1) is 13.0. The van der Waals surface area contributed by atoms with E-state index in [9.17, 15) is 14.9 Å². The number of nitrogens with zero attached hydrogens (tertiary/aromatic N) is 4. The lowest BCUT2D eigenvalue weighted by Gasteiger charge is -1.98. The summed E-state index contributed by atoms with van der Waals surface area (Å²) in [6.45, 7) is 0. The largest absolute Gasteiger partial charge is 0.298 e. The number of carbonyl (C=O) groups excluding carboxylic acids is 1. The van der Waals surface area contributed by atoms with Crippen LogP contribution in [-0.4, -0.2) is 32.0 Å². The number of nitrogens with one attached hydrogen (secondary N) is 1. The van der Waals surface area contributed by atoms with E-state index in [4.69, 9.17) is 0 Å². The van der Waals surface area contributed by atoms with Crippen LogP contribution >= 0.6 is 23.1 Å². The van der Waals surface area contributed by atoms with Gasteiger partial charge in [-0.25, -0.2) is 15.0 Å². The summed E-state index contributed by atoms with van der Waals surface area (Å²) in [5.74, 6) is -0.344. The number of carbonyl (C=O) groups is 1. The molecule has 1 N–H and O–H groups in total. The van der Waals surface area contributed by atoms with Crippen molar-refractivity contribution in [2.24, 2.45) is 0 Å². The first-order valence-corrected chi connectivity index (χ1v) is 9.71. The van der Waals surface area contributed by atoms with E-state index in [1.807, 2.05) is 6.26 Å². The highest BCUT2D eigenvalue weighted by Gasteiger charge is 2.10. The minimum Gasteiger partial charge on any atom is -0.298 e. The molecular formula is C17H13N5O3S2. The Hall–Kier alpha value is -3.11. The van der Waals surface area contributed by atoms with Gasteiger partial charge >= 0.3 is 0 Å². The van der Waals surface area contributed by atoms with Crippen LogP contribution in [0.1, 0.15) is 5.56 Å². The molecule has 0 spiro atoms. The van der Waals surface area contributed by atoms with Gasteiger partial charge in [-0.2, -0.15) is 0 Å². The number of aromatic nitrogens is 3. The van der Waals surface area contributed by atoms with Crippen LogP contribution in [0.3, 0.4) is 0 Å². The van der Waals surface area contributed by atoms with Crippen molar-refractivity contribution in [2.45, 2.75) is 5.16 Å². The molecule has 0 atom stereocenters. The summed E-state index contributed by atoms with van der Waals surface area (Å²) in [7, 11) is 0. The zero-order chi connectivity index (χ0) is 19.2. The molecule has 1 aromatic carbocycles. The molecule has 0 aliphatic heterocycles. The maximum absolute atomic E-state index is 12.0. The van der Waals surface area contributed by atoms with Crippen molar-refractivity contribution in [3.05, 3.63) is 63.8 Å². The summed E-state index contributed by atoms with van der Waals surface area (Å²) in [5, 5.41) is 16.3. The van der Waals surface area contributed by atoms with Gasteiger partial charge in [0.25, 0.3) is 5.69 Å². The monoisotopic (exact) mass is 399 g/mol. The average Bonchev–Trinajstić information content (AvgIpc) is 3.15. The van der Waals surface area contributed by atoms with Gasteiger partial charge in [0, 0.05) is 47.1 Å². The molecule has 1 amide bonds. The average molecular weight is 399 g/mol. The summed E-state index contributed by atoms with van der Waals surface area (Å²) in [5.41, 5.74) is 1.87. The minimum atomic E-state index is -0.460. The van der Waals surface area contributed by atoms with Gasteiger partial charge in [0.1, 0.15) is 0 Å². The number of nitro groups is 1. The molecule has 8 nitrogen and oxygen atoms in total. The molecule has 0 unspecified atom stereocenters. The fourth-order valence-electron chi connectivity index (χ4n) is 2.08. The lowest BCUT2D eigenvalue weighted by Crippen LogP contribution is -2.07. The zero-order valence-corrected chi connectivity index (χ0v) is 15.7. The van der Waals surface area contributed by atoms with Gasteiger partial charge < -0.3 is 0 Å². The highest BCUT2D eigenvalue weighted by atomic mass is 32.2. The molecule has 0 aliphatic carbocycles. The normalized spacial score (nSPS) is 10.9. The van der Waals surface area contributed by atoms with Crippen LogP contribution in [0, 0.1) is 10.1 Å². The lowest BCUT2D eigenvalue weighted by molar-refractivity contribution is -0.384. The van der Waals surface area contributed by atoms with Crippen LogP contribution in [0.25, 0.3) is 17.3 Å². The molecule has 2 aromatic heterocycles. The van der Waals surface area contributed by atoms with Crippen molar-refractivity contribution < 1.29 is 9.72 Å². The first kappa shape index (κ1) is 18.7. The summed E-state index contributed by atoms with van der Waals surface area (Å²) < 4.78 is 0. The fraction of sp³-hybridized carbons (Fsp3) is 0.0588. The highest BCUT2D eigenvalue weighted by Crippen LogP contribution is 2.27. The van der Waals surface area contributed by atoms with Crippen molar-refractivity contribution in [3.63, 3.8) is 0 Å². The van der Waals surface area contributed by atoms with Crippen molar-refractivity contribution in [3.8, 4) is 11.3 Å². The second-order valence-corrected chi connectivity index (χ2v) is 6.80. The van der Waals surface area contributed by atoms with E-state index in [0.717, 1.165) is 0 Å². The number of thiazole rings is 1. The number of thioether (sulfide) groups is 1. The Kier molecular flexibility index (Phi) is 5.89. The molecule has 136 valence electrons. The van der Waals surface area contributed by atoms with Gasteiger partial charge in [-0.1, -0.05) is 23.9 Å². The summed E-state index contributed by atoms with van der Waals surface area (Å²) in [6, 6.07) is 6.18. The minimum absolute atomic E-state index is 0.0104. The number of rotatable bonds is 6. The number of nitro benzene ring substituents is 1. The molecular weight excluding hydrogens is 386 g/mol. The van der Waals surface area contributed by atoms with Gasteiger partial charge in [-0.05, 0) is 12.3 Å². The summed E-state index contributed by atoms with van der Waals surface area (Å²) >= 11 is 2.68. The van der Waals surface area contributed by atoms with E-state index in [0.29, 0.717) is 27.1 Å². The van der Waals surface area contributed by atoms with Gasteiger partial charge in [-0.3, -0.25) is 20.2 Å². The molecule has 2 heterocycles. The molecule has 0 aliphatic rings. The number of hydrogen-bond acceptors (Lipinski definition) is 8. The van der Waals surface area contributed by atoms with Gasteiger partial charge in [-0.15, -0.1) is 11.3 Å². The van der Waals surface area contributed by atoms with Crippen LogP contribution in [0.4, 0.5) is 10.8 Å². The third-order valence-electron chi connectivity index (χ3n) is 3.34. The van der Waals surface area contributed by atoms with Crippen molar-refractivity contribution in [1.82, 2.24) is 15.0 Å². The molecule has 0 fully saturated rings. The van der Waals surface area contributed by atoms with Crippen LogP contribution in [0.2, 0.25) is 0 Å². The van der Waals surface area contributed by atoms with Crippen molar-refractivity contribution in [1.29, 1.82) is 0 Å². The number of anilines is 1. The predicted octanol–water partition coefficient (Wildman–Crippen LogP) is 3.88. The Labute approximate surface area is 162 Å². The third kappa shape index (κ3) is 4.96. The Balaban J connectivity index is 1.66. The summed E-state index contributed by atoms with van der Waals surface area (Å²) in [6.07, 6.45) is 8.12. The smallest absolute Gasteiger partial charge is 0.270 e. The number of hydrogen-bond donors (Lipinski definition) is 1. The number of benzene rings is 1. The van der Waals surface area contributed by atoms with E-state index in [1.165, 1.54) is 41.3 Å². The fourth-order valence-corrected chi connectivity index (χ4v) is 3.12. The van der Waals surface area contributed by atoms with Gasteiger partial charge in [0.15, 0.2) is 10.3 Å². The molecule has 3 rings (SSSR count). The van der Waals surface area contributed by atoms with E-state index >= 15 is 0 Å². The second-order valence-electron chi connectivity index (χ2n) is 5.17. The van der Waals surface area contributed by atoms with Crippen molar-refractivity contribution >= 4 is 45.9 Å². The molecule has 0 saturated heterocycles. The van der Waals surface area contributed by atoms with Crippen molar-refractivity contribution in [2.75, 3.05) is 11.6 Å².